The van der Waals surface area contributed by atoms with Gasteiger partial charge in [-0.3, -0.25) is 14.4 Å². The maximum Gasteiger partial charge on any atom is 0.306 e. The van der Waals surface area contributed by atoms with Gasteiger partial charge in [0.05, 0.1) is 0 Å². The van der Waals surface area contributed by atoms with Gasteiger partial charge >= 0.3 is 17.9 Å². The van der Waals surface area contributed by atoms with Crippen LogP contribution in [0.3, 0.4) is 0 Å². The Morgan fingerprint density at radius 1 is 0.302 bits per heavy atom. The van der Waals surface area contributed by atoms with Crippen LogP contribution in [0.25, 0.3) is 0 Å². The molecule has 0 aromatic rings. The molecule has 0 unspecified atom stereocenters. The largest absolute Gasteiger partial charge is 0.462 e. The minimum Gasteiger partial charge on any atom is -0.462 e. The highest BCUT2D eigenvalue weighted by Crippen LogP contribution is 2.18. The smallest absolute Gasteiger partial charge is 0.306 e. The molecule has 0 aliphatic heterocycles. The second-order valence-corrected chi connectivity index (χ2v) is 20.5. The van der Waals surface area contributed by atoms with Crippen molar-refractivity contribution in [3.8, 4) is 0 Å². The van der Waals surface area contributed by atoms with Crippen LogP contribution in [0.2, 0.25) is 0 Å². The van der Waals surface area contributed by atoms with Gasteiger partial charge in [-0.05, 0) is 31.1 Å². The molecule has 0 aromatic carbocycles. The van der Waals surface area contributed by atoms with Gasteiger partial charge < -0.3 is 14.2 Å². The molecular weight excluding hydrogens is 781 g/mol. The number of unbranched alkanes of at least 4 members (excludes halogenated alkanes) is 36. The zero-order valence-electron chi connectivity index (χ0n) is 43.2. The Balaban J connectivity index is 4.31. The maximum absolute atomic E-state index is 12.8. The topological polar surface area (TPSA) is 78.9 Å². The van der Waals surface area contributed by atoms with Crippen molar-refractivity contribution >= 4 is 17.9 Å². The van der Waals surface area contributed by atoms with E-state index >= 15 is 0 Å². The molecule has 1 atom stereocenters. The van der Waals surface area contributed by atoms with Crippen molar-refractivity contribution in [1.82, 2.24) is 0 Å². The van der Waals surface area contributed by atoms with E-state index in [1.54, 1.807) is 0 Å². The van der Waals surface area contributed by atoms with Gasteiger partial charge in [-0.1, -0.05) is 279 Å². The van der Waals surface area contributed by atoms with Crippen molar-refractivity contribution in [2.75, 3.05) is 13.2 Å². The Morgan fingerprint density at radius 3 is 0.778 bits per heavy atom. The Labute approximate surface area is 393 Å². The molecule has 0 bridgehead atoms. The minimum absolute atomic E-state index is 0.0628. The zero-order chi connectivity index (χ0) is 46.1. The van der Waals surface area contributed by atoms with Crippen molar-refractivity contribution in [3.63, 3.8) is 0 Å². The van der Waals surface area contributed by atoms with Gasteiger partial charge in [0, 0.05) is 19.3 Å². The number of hydrogen-bond donors (Lipinski definition) is 0. The Bertz CT molecular complexity index is 962. The lowest BCUT2D eigenvalue weighted by Gasteiger charge is -2.18. The second-order valence-electron chi connectivity index (χ2n) is 20.5. The van der Waals surface area contributed by atoms with Crippen LogP contribution in [-0.4, -0.2) is 37.2 Å². The molecule has 0 aromatic heterocycles. The first-order chi connectivity index (χ1) is 30.7. The minimum atomic E-state index is -0.762. The van der Waals surface area contributed by atoms with Crippen LogP contribution in [0.5, 0.6) is 0 Å². The molecule has 0 spiro atoms. The highest BCUT2D eigenvalue weighted by atomic mass is 16.6. The molecule has 0 fully saturated rings. The quantitative estimate of drug-likeness (QED) is 0.0344. The van der Waals surface area contributed by atoms with E-state index in [4.69, 9.17) is 14.2 Å². The van der Waals surface area contributed by atoms with E-state index < -0.39 is 6.10 Å². The number of carbonyl (C=O) groups excluding carboxylic acids is 3. The molecule has 0 radical (unpaired) electrons. The number of hydrogen-bond acceptors (Lipinski definition) is 6. The molecule has 0 saturated heterocycles. The highest BCUT2D eigenvalue weighted by Gasteiger charge is 2.19. The third-order valence-electron chi connectivity index (χ3n) is 13.0. The Hall–Kier alpha value is -1.59. The van der Waals surface area contributed by atoms with Gasteiger partial charge in [0.1, 0.15) is 13.2 Å². The summed E-state index contributed by atoms with van der Waals surface area (Å²) >= 11 is 0. The summed E-state index contributed by atoms with van der Waals surface area (Å²) in [7, 11) is 0. The van der Waals surface area contributed by atoms with Crippen LogP contribution in [0.4, 0.5) is 0 Å². The molecule has 0 rings (SSSR count). The lowest BCUT2D eigenvalue weighted by molar-refractivity contribution is -0.167. The summed E-state index contributed by atoms with van der Waals surface area (Å²) in [5.41, 5.74) is 0. The first kappa shape index (κ1) is 61.4. The standard InChI is InChI=1S/C57H110O6/c1-6-7-8-9-10-11-12-13-17-22-27-32-37-42-47-55(58)61-50-54(51-62-56(59)48-43-38-33-28-24-19-21-26-31-36-41-46-53(4)5)63-57(60)49-44-39-34-29-23-18-15-14-16-20-25-30-35-40-45-52(2)3/h52-54H,6-51H2,1-5H3/t54-/m1/s1. The highest BCUT2D eigenvalue weighted by molar-refractivity contribution is 5.71. The van der Waals surface area contributed by atoms with Gasteiger partial charge in [-0.2, -0.15) is 0 Å². The van der Waals surface area contributed by atoms with Crippen molar-refractivity contribution in [2.45, 2.75) is 323 Å². The first-order valence-electron chi connectivity index (χ1n) is 28.2. The van der Waals surface area contributed by atoms with Gasteiger partial charge in [0.25, 0.3) is 0 Å². The summed E-state index contributed by atoms with van der Waals surface area (Å²) in [6, 6.07) is 0. The van der Waals surface area contributed by atoms with Crippen LogP contribution < -0.4 is 0 Å². The Morgan fingerprint density at radius 2 is 0.524 bits per heavy atom. The average Bonchev–Trinajstić information content (AvgIpc) is 3.25. The predicted octanol–water partition coefficient (Wildman–Crippen LogP) is 18.5. The fourth-order valence-electron chi connectivity index (χ4n) is 8.70. The zero-order valence-corrected chi connectivity index (χ0v) is 43.2. The van der Waals surface area contributed by atoms with Gasteiger partial charge in [-0.25, -0.2) is 0 Å². The molecular formula is C57H110O6. The van der Waals surface area contributed by atoms with Gasteiger partial charge in [0.15, 0.2) is 6.10 Å². The molecule has 63 heavy (non-hydrogen) atoms. The maximum atomic E-state index is 12.8. The van der Waals surface area contributed by atoms with E-state index in [2.05, 4.69) is 34.6 Å². The van der Waals surface area contributed by atoms with E-state index in [0.29, 0.717) is 19.3 Å². The molecule has 6 heteroatoms. The summed E-state index contributed by atoms with van der Waals surface area (Å²) in [6.07, 6.45) is 52.3. The number of carbonyl (C=O) groups is 3. The molecule has 6 nitrogen and oxygen atoms in total. The van der Waals surface area contributed by atoms with Crippen LogP contribution in [0, 0.1) is 11.8 Å². The summed E-state index contributed by atoms with van der Waals surface area (Å²) in [4.78, 5) is 38.1. The fraction of sp³-hybridized carbons (Fsp3) is 0.947. The monoisotopic (exact) mass is 891 g/mol. The predicted molar refractivity (Wildman–Crippen MR) is 270 cm³/mol. The van der Waals surface area contributed by atoms with E-state index in [0.717, 1.165) is 69.6 Å². The summed E-state index contributed by atoms with van der Waals surface area (Å²) in [5, 5.41) is 0. The summed E-state index contributed by atoms with van der Waals surface area (Å²) in [5.74, 6) is 0.830. The molecule has 0 N–H and O–H groups in total. The third kappa shape index (κ3) is 51.3. The first-order valence-corrected chi connectivity index (χ1v) is 28.2. The van der Waals surface area contributed by atoms with E-state index in [-0.39, 0.29) is 31.1 Å². The van der Waals surface area contributed by atoms with Gasteiger partial charge in [0.2, 0.25) is 0 Å². The van der Waals surface area contributed by atoms with Gasteiger partial charge in [-0.15, -0.1) is 0 Å². The summed E-state index contributed by atoms with van der Waals surface area (Å²) < 4.78 is 16.9. The Kier molecular flexibility index (Phi) is 48.6. The van der Waals surface area contributed by atoms with Crippen molar-refractivity contribution in [2.24, 2.45) is 11.8 Å². The van der Waals surface area contributed by atoms with E-state index in [1.807, 2.05) is 0 Å². The molecule has 0 saturated carbocycles. The molecule has 0 aliphatic carbocycles. The van der Waals surface area contributed by atoms with Crippen molar-refractivity contribution < 1.29 is 28.6 Å². The van der Waals surface area contributed by atoms with E-state index in [9.17, 15) is 14.4 Å². The SMILES string of the molecule is CCCCCCCCCCCCCCCCC(=O)OC[C@H](COC(=O)CCCCCCCCCCCCCC(C)C)OC(=O)CCCCCCCCCCCCCCCCC(C)C. The fourth-order valence-corrected chi connectivity index (χ4v) is 8.70. The molecule has 374 valence electrons. The van der Waals surface area contributed by atoms with Crippen LogP contribution in [-0.2, 0) is 28.6 Å². The van der Waals surface area contributed by atoms with Crippen LogP contribution >= 0.6 is 0 Å². The van der Waals surface area contributed by atoms with E-state index in [1.165, 1.54) is 205 Å². The number of esters is 3. The summed E-state index contributed by atoms with van der Waals surface area (Å²) in [6.45, 7) is 11.4. The second kappa shape index (κ2) is 49.8. The van der Waals surface area contributed by atoms with Crippen molar-refractivity contribution in [3.05, 3.63) is 0 Å². The van der Waals surface area contributed by atoms with Crippen LogP contribution in [0.1, 0.15) is 317 Å². The number of ether oxygens (including phenoxy) is 3. The molecule has 0 heterocycles. The third-order valence-corrected chi connectivity index (χ3v) is 13.0. The van der Waals surface area contributed by atoms with Crippen LogP contribution in [0.15, 0.2) is 0 Å². The lowest BCUT2D eigenvalue weighted by atomic mass is 10.0. The van der Waals surface area contributed by atoms with Crippen molar-refractivity contribution in [1.29, 1.82) is 0 Å². The average molecular weight is 892 g/mol. The molecule has 0 aliphatic rings. The lowest BCUT2D eigenvalue weighted by Crippen LogP contribution is -2.30. The normalized spacial score (nSPS) is 12.0. The number of rotatable bonds is 51. The molecule has 0 amide bonds.